The van der Waals surface area contributed by atoms with Crippen molar-refractivity contribution in [3.05, 3.63) is 60.4 Å². The Morgan fingerprint density at radius 2 is 1.50 bits per heavy atom. The maximum absolute atomic E-state index is 10.4. The van der Waals surface area contributed by atoms with Crippen LogP contribution in [0.1, 0.15) is 11.9 Å². The molecule has 2 heterocycles. The number of ether oxygens (including phenoxy) is 1. The van der Waals surface area contributed by atoms with Crippen LogP contribution >= 0.6 is 0 Å². The summed E-state index contributed by atoms with van der Waals surface area (Å²) in [5.41, 5.74) is 0.822. The van der Waals surface area contributed by atoms with E-state index in [0.717, 1.165) is 32.5 Å². The van der Waals surface area contributed by atoms with E-state index < -0.39 is 37.1 Å². The molecule has 5 atom stereocenters. The van der Waals surface area contributed by atoms with Crippen LogP contribution in [-0.2, 0) is 4.74 Å². The first-order valence-corrected chi connectivity index (χ1v) is 10.5. The van der Waals surface area contributed by atoms with Crippen LogP contribution in [-0.4, -0.2) is 66.6 Å². The number of H-pyrrole nitrogens is 1. The number of nitrogens with one attached hydrogen (secondary N) is 1. The van der Waals surface area contributed by atoms with Crippen molar-refractivity contribution in [3.8, 4) is 11.4 Å². The van der Waals surface area contributed by atoms with Gasteiger partial charge in [0.25, 0.3) is 0 Å². The van der Waals surface area contributed by atoms with Crippen LogP contribution in [0.15, 0.2) is 54.6 Å². The van der Waals surface area contributed by atoms with Crippen molar-refractivity contribution in [2.75, 3.05) is 6.61 Å². The molecule has 1 aliphatic rings. The lowest BCUT2D eigenvalue weighted by Gasteiger charge is -2.38. The van der Waals surface area contributed by atoms with E-state index in [9.17, 15) is 20.4 Å². The first kappa shape index (κ1) is 19.5. The third-order valence-electron chi connectivity index (χ3n) is 6.43. The first-order valence-electron chi connectivity index (χ1n) is 10.5. The Balaban J connectivity index is 1.47. The smallest absolute Gasteiger partial charge is 0.181 e. The maximum Gasteiger partial charge on any atom is 0.181 e. The largest absolute Gasteiger partial charge is 0.394 e. The number of aromatic amines is 1. The van der Waals surface area contributed by atoms with Crippen molar-refractivity contribution in [3.63, 3.8) is 0 Å². The van der Waals surface area contributed by atoms with E-state index in [0.29, 0.717) is 5.82 Å². The van der Waals surface area contributed by atoms with Crippen LogP contribution in [0, 0.1) is 0 Å². The number of aliphatic hydroxyl groups excluding tert-OH is 4. The zero-order valence-corrected chi connectivity index (χ0v) is 16.9. The van der Waals surface area contributed by atoms with Crippen molar-refractivity contribution >= 4 is 32.3 Å². The molecule has 8 heteroatoms. The molecule has 162 valence electrons. The minimum Gasteiger partial charge on any atom is -0.394 e. The lowest BCUT2D eigenvalue weighted by atomic mass is 9.92. The summed E-state index contributed by atoms with van der Waals surface area (Å²) >= 11 is 0. The minimum absolute atomic E-state index is 0.211. The van der Waals surface area contributed by atoms with E-state index >= 15 is 0 Å². The molecule has 0 amide bonds. The van der Waals surface area contributed by atoms with Crippen LogP contribution < -0.4 is 0 Å². The highest BCUT2D eigenvalue weighted by atomic mass is 16.5. The van der Waals surface area contributed by atoms with Gasteiger partial charge >= 0.3 is 0 Å². The van der Waals surface area contributed by atoms with E-state index in [1.807, 2.05) is 18.2 Å². The number of hydrogen-bond donors (Lipinski definition) is 5. The van der Waals surface area contributed by atoms with Crippen molar-refractivity contribution in [2.24, 2.45) is 0 Å². The third-order valence-corrected chi connectivity index (χ3v) is 6.43. The van der Waals surface area contributed by atoms with Crippen LogP contribution in [0.2, 0.25) is 0 Å². The Hall–Kier alpha value is -3.14. The monoisotopic (exact) mass is 431 g/mol. The van der Waals surface area contributed by atoms with Crippen LogP contribution in [0.4, 0.5) is 0 Å². The Morgan fingerprint density at radius 1 is 0.812 bits per heavy atom. The number of aliphatic hydroxyl groups is 4. The Morgan fingerprint density at radius 3 is 2.25 bits per heavy atom. The summed E-state index contributed by atoms with van der Waals surface area (Å²) in [6, 6.07) is 18.6. The second-order valence-electron chi connectivity index (χ2n) is 8.26. The molecule has 0 bridgehead atoms. The molecule has 1 aliphatic heterocycles. The second-order valence-corrected chi connectivity index (χ2v) is 8.26. The van der Waals surface area contributed by atoms with E-state index in [1.54, 1.807) is 0 Å². The number of hydrogen-bond acceptors (Lipinski definition) is 7. The summed E-state index contributed by atoms with van der Waals surface area (Å²) in [7, 11) is 0. The molecule has 5 aromatic rings. The molecule has 4 aromatic carbocycles. The SMILES string of the molecule is OC[C@H]1O[C@@H](c2nc(-c3ccc4ccc5cccc6ccc3c4c56)n[nH]2)[C@H](O)[C@@H](O)[C@@H]1O. The quantitative estimate of drug-likeness (QED) is 0.276. The molecule has 32 heavy (non-hydrogen) atoms. The summed E-state index contributed by atoms with van der Waals surface area (Å²) in [5.74, 6) is 0.637. The van der Waals surface area contributed by atoms with Crippen molar-refractivity contribution in [1.82, 2.24) is 15.2 Å². The summed E-state index contributed by atoms with van der Waals surface area (Å²) in [5, 5.41) is 53.9. The third kappa shape index (κ3) is 2.75. The van der Waals surface area contributed by atoms with Gasteiger partial charge in [0.2, 0.25) is 0 Å². The highest BCUT2D eigenvalue weighted by molar-refractivity contribution is 6.25. The number of aromatic nitrogens is 3. The molecule has 0 aliphatic carbocycles. The fourth-order valence-electron chi connectivity index (χ4n) is 4.78. The first-order chi connectivity index (χ1) is 15.6. The standard InChI is InChI=1S/C24H21N3O5/c28-10-16-19(29)20(30)21(31)22(32-16)24-25-23(26-27-24)15-9-7-13-5-4-11-2-1-3-12-6-8-14(15)18(13)17(11)12/h1-9,16,19-22,28-31H,10H2,(H,25,26,27)/t16-,19-,20+,21-,22-/m1/s1. The van der Waals surface area contributed by atoms with Crippen LogP contribution in [0.25, 0.3) is 43.7 Å². The molecule has 1 saturated heterocycles. The van der Waals surface area contributed by atoms with Crippen molar-refractivity contribution in [2.45, 2.75) is 30.5 Å². The highest BCUT2D eigenvalue weighted by Crippen LogP contribution is 2.39. The lowest BCUT2D eigenvalue weighted by Crippen LogP contribution is -2.55. The Labute approximate surface area is 182 Å². The van der Waals surface area contributed by atoms with Gasteiger partial charge in [0.15, 0.2) is 11.6 Å². The molecule has 0 spiro atoms. The van der Waals surface area contributed by atoms with Gasteiger partial charge in [0.05, 0.1) is 6.61 Å². The van der Waals surface area contributed by atoms with E-state index in [-0.39, 0.29) is 5.82 Å². The van der Waals surface area contributed by atoms with Gasteiger partial charge in [0.1, 0.15) is 30.5 Å². The van der Waals surface area contributed by atoms with Gasteiger partial charge in [-0.05, 0) is 38.4 Å². The fraction of sp³-hybridized carbons (Fsp3) is 0.250. The summed E-state index contributed by atoms with van der Waals surface area (Å²) in [6.07, 6.45) is -6.40. The lowest BCUT2D eigenvalue weighted by molar-refractivity contribution is -0.233. The summed E-state index contributed by atoms with van der Waals surface area (Å²) < 4.78 is 5.60. The zero-order valence-electron chi connectivity index (χ0n) is 16.9. The van der Waals surface area contributed by atoms with E-state index in [2.05, 4.69) is 51.6 Å². The van der Waals surface area contributed by atoms with Gasteiger partial charge in [-0.1, -0.05) is 48.5 Å². The molecule has 0 radical (unpaired) electrons. The average molecular weight is 431 g/mol. The predicted octanol–water partition coefficient (Wildman–Crippen LogP) is 1.88. The van der Waals surface area contributed by atoms with Gasteiger partial charge in [-0.3, -0.25) is 5.10 Å². The molecule has 1 aromatic heterocycles. The topological polar surface area (TPSA) is 132 Å². The minimum atomic E-state index is -1.48. The molecular weight excluding hydrogens is 410 g/mol. The molecular formula is C24H21N3O5. The van der Waals surface area contributed by atoms with Crippen LogP contribution in [0.3, 0.4) is 0 Å². The summed E-state index contributed by atoms with van der Waals surface area (Å²) in [6.45, 7) is -0.503. The fourth-order valence-corrected chi connectivity index (χ4v) is 4.78. The zero-order chi connectivity index (χ0) is 22.0. The molecule has 1 fully saturated rings. The molecule has 0 saturated carbocycles. The number of rotatable bonds is 3. The van der Waals surface area contributed by atoms with Gasteiger partial charge in [-0.25, -0.2) is 4.98 Å². The van der Waals surface area contributed by atoms with Crippen molar-refractivity contribution in [1.29, 1.82) is 0 Å². The number of benzene rings is 4. The normalized spacial score (nSPS) is 26.4. The van der Waals surface area contributed by atoms with Gasteiger partial charge in [-0.15, -0.1) is 0 Å². The molecule has 5 N–H and O–H groups in total. The second kappa shape index (κ2) is 7.19. The predicted molar refractivity (Wildman–Crippen MR) is 118 cm³/mol. The molecule has 6 rings (SSSR count). The molecule has 8 nitrogen and oxygen atoms in total. The maximum atomic E-state index is 10.4. The molecule has 0 unspecified atom stereocenters. The Bertz CT molecular complexity index is 1420. The average Bonchev–Trinajstić information content (AvgIpc) is 3.31. The van der Waals surface area contributed by atoms with E-state index in [4.69, 9.17) is 4.74 Å². The highest BCUT2D eigenvalue weighted by Gasteiger charge is 2.45. The summed E-state index contributed by atoms with van der Waals surface area (Å²) in [4.78, 5) is 4.54. The number of nitrogens with zero attached hydrogens (tertiary/aromatic N) is 2. The Kier molecular flexibility index (Phi) is 4.39. The van der Waals surface area contributed by atoms with Gasteiger partial charge < -0.3 is 25.2 Å². The van der Waals surface area contributed by atoms with Crippen molar-refractivity contribution < 1.29 is 25.2 Å². The van der Waals surface area contributed by atoms with Gasteiger partial charge in [-0.2, -0.15) is 5.10 Å². The van der Waals surface area contributed by atoms with E-state index in [1.165, 1.54) is 5.39 Å². The van der Waals surface area contributed by atoms with Gasteiger partial charge in [0, 0.05) is 5.56 Å². The van der Waals surface area contributed by atoms with Crippen LogP contribution in [0.5, 0.6) is 0 Å².